The average molecular weight is 212 g/mol. The first kappa shape index (κ1) is 11.4. The van der Waals surface area contributed by atoms with Crippen LogP contribution in [0.4, 0.5) is 0 Å². The third-order valence-electron chi connectivity index (χ3n) is 3.81. The van der Waals surface area contributed by atoms with Gasteiger partial charge in [0.05, 0.1) is 6.10 Å². The number of nitrogens with one attached hydrogen (secondary N) is 1. The van der Waals surface area contributed by atoms with Crippen LogP contribution in [0.25, 0.3) is 0 Å². The highest BCUT2D eigenvalue weighted by Crippen LogP contribution is 2.24. The van der Waals surface area contributed by atoms with Crippen molar-refractivity contribution in [2.75, 3.05) is 19.6 Å². The Bertz CT molecular complexity index is 190. The van der Waals surface area contributed by atoms with Crippen LogP contribution in [-0.2, 0) is 0 Å². The highest BCUT2D eigenvalue weighted by Gasteiger charge is 2.32. The normalized spacial score (nSPS) is 34.8. The standard InChI is InChI=1S/C12H24N2O/c1-10(15)6-9-14-8-3-5-12(14)11-4-2-7-13-11/h10-13,15H,2-9H2,1H3. The predicted octanol–water partition coefficient (Wildman–Crippen LogP) is 0.974. The third-order valence-corrected chi connectivity index (χ3v) is 3.81. The molecule has 2 N–H and O–H groups in total. The molecule has 2 aliphatic heterocycles. The highest BCUT2D eigenvalue weighted by molar-refractivity contribution is 4.91. The number of aliphatic hydroxyl groups is 1. The summed E-state index contributed by atoms with van der Waals surface area (Å²) in [6.07, 6.45) is 6.13. The highest BCUT2D eigenvalue weighted by atomic mass is 16.3. The molecule has 88 valence electrons. The summed E-state index contributed by atoms with van der Waals surface area (Å²) in [5, 5.41) is 12.9. The van der Waals surface area contributed by atoms with Crippen LogP contribution < -0.4 is 5.32 Å². The molecule has 0 aromatic carbocycles. The van der Waals surface area contributed by atoms with Crippen molar-refractivity contribution in [2.24, 2.45) is 0 Å². The predicted molar refractivity (Wildman–Crippen MR) is 61.9 cm³/mol. The quantitative estimate of drug-likeness (QED) is 0.729. The second-order valence-corrected chi connectivity index (χ2v) is 5.09. The van der Waals surface area contributed by atoms with Gasteiger partial charge in [0.2, 0.25) is 0 Å². The molecule has 0 bridgehead atoms. The molecule has 0 spiro atoms. The number of hydrogen-bond acceptors (Lipinski definition) is 3. The summed E-state index contributed by atoms with van der Waals surface area (Å²) in [5.41, 5.74) is 0. The monoisotopic (exact) mass is 212 g/mol. The van der Waals surface area contributed by atoms with Gasteiger partial charge in [0, 0.05) is 18.6 Å². The Morgan fingerprint density at radius 2 is 2.27 bits per heavy atom. The lowest BCUT2D eigenvalue weighted by molar-refractivity contribution is 0.142. The molecule has 15 heavy (non-hydrogen) atoms. The van der Waals surface area contributed by atoms with Crippen molar-refractivity contribution >= 4 is 0 Å². The fourth-order valence-corrected chi connectivity index (χ4v) is 2.98. The van der Waals surface area contributed by atoms with Gasteiger partial charge in [-0.3, -0.25) is 4.90 Å². The van der Waals surface area contributed by atoms with Crippen LogP contribution in [0, 0.1) is 0 Å². The minimum Gasteiger partial charge on any atom is -0.393 e. The largest absolute Gasteiger partial charge is 0.393 e. The molecule has 2 aliphatic rings. The van der Waals surface area contributed by atoms with Gasteiger partial charge < -0.3 is 10.4 Å². The van der Waals surface area contributed by atoms with Crippen LogP contribution in [0.15, 0.2) is 0 Å². The molecule has 0 amide bonds. The number of aliphatic hydroxyl groups excluding tert-OH is 1. The molecule has 0 aliphatic carbocycles. The first-order valence-electron chi connectivity index (χ1n) is 6.43. The SMILES string of the molecule is CC(O)CCN1CCCC1C1CCCN1. The van der Waals surface area contributed by atoms with Crippen LogP contribution in [0.2, 0.25) is 0 Å². The van der Waals surface area contributed by atoms with E-state index in [4.69, 9.17) is 0 Å². The Morgan fingerprint density at radius 3 is 2.93 bits per heavy atom. The molecule has 2 rings (SSSR count). The zero-order valence-corrected chi connectivity index (χ0v) is 9.78. The molecule has 0 saturated carbocycles. The molecule has 3 heteroatoms. The van der Waals surface area contributed by atoms with Crippen molar-refractivity contribution in [3.8, 4) is 0 Å². The van der Waals surface area contributed by atoms with Crippen LogP contribution in [-0.4, -0.2) is 47.8 Å². The first-order chi connectivity index (χ1) is 7.27. The third kappa shape index (κ3) is 2.92. The number of hydrogen-bond donors (Lipinski definition) is 2. The average Bonchev–Trinajstić information content (AvgIpc) is 2.85. The van der Waals surface area contributed by atoms with Crippen molar-refractivity contribution in [3.05, 3.63) is 0 Å². The fraction of sp³-hybridized carbons (Fsp3) is 1.00. The van der Waals surface area contributed by atoms with Gasteiger partial charge in [-0.05, 0) is 52.1 Å². The zero-order valence-electron chi connectivity index (χ0n) is 9.78. The Morgan fingerprint density at radius 1 is 1.40 bits per heavy atom. The minimum absolute atomic E-state index is 0.150. The van der Waals surface area contributed by atoms with Crippen LogP contribution in [0.1, 0.15) is 39.0 Å². The Balaban J connectivity index is 1.81. The van der Waals surface area contributed by atoms with E-state index in [0.29, 0.717) is 0 Å². The van der Waals surface area contributed by atoms with Gasteiger partial charge in [-0.25, -0.2) is 0 Å². The van der Waals surface area contributed by atoms with Gasteiger partial charge in [-0.2, -0.15) is 0 Å². The van der Waals surface area contributed by atoms with Gasteiger partial charge in [0.25, 0.3) is 0 Å². The van der Waals surface area contributed by atoms with E-state index in [1.165, 1.54) is 38.8 Å². The van der Waals surface area contributed by atoms with E-state index in [2.05, 4.69) is 10.2 Å². The fourth-order valence-electron chi connectivity index (χ4n) is 2.98. The summed E-state index contributed by atoms with van der Waals surface area (Å²) in [4.78, 5) is 2.58. The maximum atomic E-state index is 9.32. The summed E-state index contributed by atoms with van der Waals surface area (Å²) >= 11 is 0. The second-order valence-electron chi connectivity index (χ2n) is 5.09. The lowest BCUT2D eigenvalue weighted by Gasteiger charge is -2.29. The summed E-state index contributed by atoms with van der Waals surface area (Å²) in [6.45, 7) is 5.39. The Kier molecular flexibility index (Phi) is 4.00. The van der Waals surface area contributed by atoms with Crippen LogP contribution in [0.3, 0.4) is 0 Å². The van der Waals surface area contributed by atoms with Crippen molar-refractivity contribution in [1.29, 1.82) is 0 Å². The molecular formula is C12H24N2O. The van der Waals surface area contributed by atoms with Gasteiger partial charge in [-0.1, -0.05) is 0 Å². The molecule has 0 radical (unpaired) electrons. The maximum Gasteiger partial charge on any atom is 0.0524 e. The van der Waals surface area contributed by atoms with Gasteiger partial charge in [0.1, 0.15) is 0 Å². The van der Waals surface area contributed by atoms with E-state index in [1.54, 1.807) is 0 Å². The molecule has 3 atom stereocenters. The summed E-state index contributed by atoms with van der Waals surface area (Å²) in [7, 11) is 0. The molecule has 3 unspecified atom stereocenters. The number of likely N-dealkylation sites (tertiary alicyclic amines) is 1. The second kappa shape index (κ2) is 5.28. The van der Waals surface area contributed by atoms with Crippen LogP contribution >= 0.6 is 0 Å². The summed E-state index contributed by atoms with van der Waals surface area (Å²) in [6, 6.07) is 1.47. The number of rotatable bonds is 4. The molecule has 2 heterocycles. The zero-order chi connectivity index (χ0) is 10.7. The van der Waals surface area contributed by atoms with Crippen molar-refractivity contribution in [1.82, 2.24) is 10.2 Å². The van der Waals surface area contributed by atoms with Crippen molar-refractivity contribution in [2.45, 2.75) is 57.2 Å². The topological polar surface area (TPSA) is 35.5 Å². The lowest BCUT2D eigenvalue weighted by atomic mass is 10.0. The van der Waals surface area contributed by atoms with Crippen molar-refractivity contribution < 1.29 is 5.11 Å². The van der Waals surface area contributed by atoms with Crippen molar-refractivity contribution in [3.63, 3.8) is 0 Å². The molecule has 0 aromatic heterocycles. The van der Waals surface area contributed by atoms with Crippen LogP contribution in [0.5, 0.6) is 0 Å². The number of nitrogens with zero attached hydrogens (tertiary/aromatic N) is 1. The van der Waals surface area contributed by atoms with E-state index < -0.39 is 0 Å². The summed E-state index contributed by atoms with van der Waals surface area (Å²) < 4.78 is 0. The Labute approximate surface area is 92.8 Å². The van der Waals surface area contributed by atoms with Gasteiger partial charge >= 0.3 is 0 Å². The first-order valence-corrected chi connectivity index (χ1v) is 6.43. The smallest absolute Gasteiger partial charge is 0.0524 e. The van der Waals surface area contributed by atoms with Gasteiger partial charge in [-0.15, -0.1) is 0 Å². The van der Waals surface area contributed by atoms with E-state index >= 15 is 0 Å². The van der Waals surface area contributed by atoms with E-state index in [-0.39, 0.29) is 6.10 Å². The molecule has 3 nitrogen and oxygen atoms in total. The van der Waals surface area contributed by atoms with Gasteiger partial charge in [0.15, 0.2) is 0 Å². The van der Waals surface area contributed by atoms with E-state index in [0.717, 1.165) is 25.0 Å². The van der Waals surface area contributed by atoms with E-state index in [1.807, 2.05) is 6.92 Å². The lowest BCUT2D eigenvalue weighted by Crippen LogP contribution is -2.44. The molecule has 2 fully saturated rings. The molecule has 2 saturated heterocycles. The minimum atomic E-state index is -0.150. The Hall–Kier alpha value is -0.120. The summed E-state index contributed by atoms with van der Waals surface area (Å²) in [5.74, 6) is 0. The maximum absolute atomic E-state index is 9.32. The molecule has 0 aromatic rings. The molecular weight excluding hydrogens is 188 g/mol. The van der Waals surface area contributed by atoms with E-state index in [9.17, 15) is 5.11 Å².